The van der Waals surface area contributed by atoms with Gasteiger partial charge in [0.25, 0.3) is 0 Å². The van der Waals surface area contributed by atoms with Crippen LogP contribution in [0.25, 0.3) is 11.3 Å². The first kappa shape index (κ1) is 15.3. The van der Waals surface area contributed by atoms with Crippen molar-refractivity contribution in [1.29, 1.82) is 0 Å². The molecule has 0 aliphatic rings. The molecule has 4 heteroatoms. The van der Waals surface area contributed by atoms with Crippen molar-refractivity contribution < 1.29 is 19.3 Å². The molecule has 0 saturated carbocycles. The van der Waals surface area contributed by atoms with Crippen molar-refractivity contribution in [2.75, 3.05) is 13.2 Å². The second-order valence-corrected chi connectivity index (χ2v) is 4.85. The minimum atomic E-state index is -0.293. The van der Waals surface area contributed by atoms with Crippen LogP contribution in [0, 0.1) is 0 Å². The molecule has 0 spiro atoms. The van der Waals surface area contributed by atoms with E-state index in [-0.39, 0.29) is 5.97 Å². The van der Waals surface area contributed by atoms with Gasteiger partial charge in [0, 0.05) is 5.56 Å². The number of carbonyl (C=O) groups excluding carboxylic acids is 1. The lowest BCUT2D eigenvalue weighted by molar-refractivity contribution is -0.672. The number of quaternary nitrogens is 1. The minimum Gasteiger partial charge on any atom is -0.462 e. The summed E-state index contributed by atoms with van der Waals surface area (Å²) in [6.07, 6.45) is 1.16. The van der Waals surface area contributed by atoms with Crippen molar-refractivity contribution in [2.24, 2.45) is 0 Å². The maximum absolute atomic E-state index is 11.6. The van der Waals surface area contributed by atoms with Gasteiger partial charge in [-0.05, 0) is 37.6 Å². The fourth-order valence-corrected chi connectivity index (χ4v) is 2.08. The van der Waals surface area contributed by atoms with Gasteiger partial charge in [-0.15, -0.1) is 0 Å². The van der Waals surface area contributed by atoms with Gasteiger partial charge in [-0.2, -0.15) is 0 Å². The van der Waals surface area contributed by atoms with Crippen LogP contribution >= 0.6 is 0 Å². The van der Waals surface area contributed by atoms with Gasteiger partial charge in [-0.1, -0.05) is 19.1 Å². The van der Waals surface area contributed by atoms with Gasteiger partial charge in [-0.3, -0.25) is 0 Å². The summed E-state index contributed by atoms with van der Waals surface area (Å²) in [5, 5.41) is 2.23. The van der Waals surface area contributed by atoms with Crippen LogP contribution in [0.2, 0.25) is 0 Å². The van der Waals surface area contributed by atoms with E-state index in [9.17, 15) is 4.79 Å². The first-order valence-corrected chi connectivity index (χ1v) is 7.42. The van der Waals surface area contributed by atoms with E-state index in [4.69, 9.17) is 9.15 Å². The number of carbonyl (C=O) groups is 1. The quantitative estimate of drug-likeness (QED) is 0.629. The highest BCUT2D eigenvalue weighted by atomic mass is 16.5. The Morgan fingerprint density at radius 2 is 1.90 bits per heavy atom. The third-order valence-corrected chi connectivity index (χ3v) is 3.18. The summed E-state index contributed by atoms with van der Waals surface area (Å²) in [4.78, 5) is 11.6. The number of ether oxygens (including phenoxy) is 1. The lowest BCUT2D eigenvalue weighted by Gasteiger charge is -2.02. The van der Waals surface area contributed by atoms with E-state index in [1.54, 1.807) is 19.1 Å². The average Bonchev–Trinajstić information content (AvgIpc) is 2.97. The Kier molecular flexibility index (Phi) is 5.58. The van der Waals surface area contributed by atoms with E-state index < -0.39 is 0 Å². The average molecular weight is 288 g/mol. The number of hydrogen-bond donors (Lipinski definition) is 1. The Morgan fingerprint density at radius 3 is 2.57 bits per heavy atom. The fourth-order valence-electron chi connectivity index (χ4n) is 2.08. The van der Waals surface area contributed by atoms with E-state index in [1.807, 2.05) is 24.3 Å². The molecular weight excluding hydrogens is 266 g/mol. The van der Waals surface area contributed by atoms with E-state index in [1.165, 1.54) is 0 Å². The molecule has 0 fully saturated rings. The molecule has 1 aromatic heterocycles. The van der Waals surface area contributed by atoms with Crippen molar-refractivity contribution in [2.45, 2.75) is 26.8 Å². The maximum atomic E-state index is 11.6. The molecule has 0 amide bonds. The molecule has 4 nitrogen and oxygen atoms in total. The van der Waals surface area contributed by atoms with E-state index >= 15 is 0 Å². The monoisotopic (exact) mass is 288 g/mol. The van der Waals surface area contributed by atoms with Crippen LogP contribution in [0.4, 0.5) is 0 Å². The van der Waals surface area contributed by atoms with E-state index in [0.29, 0.717) is 12.2 Å². The molecule has 0 aliphatic carbocycles. The minimum absolute atomic E-state index is 0.293. The molecule has 0 aliphatic heterocycles. The van der Waals surface area contributed by atoms with Crippen LogP contribution in [0.5, 0.6) is 0 Å². The smallest absolute Gasteiger partial charge is 0.338 e. The van der Waals surface area contributed by atoms with Gasteiger partial charge < -0.3 is 14.5 Å². The van der Waals surface area contributed by atoms with Crippen molar-refractivity contribution in [3.8, 4) is 11.3 Å². The topological polar surface area (TPSA) is 56.0 Å². The van der Waals surface area contributed by atoms with Crippen molar-refractivity contribution >= 4 is 5.97 Å². The van der Waals surface area contributed by atoms with Crippen molar-refractivity contribution in [1.82, 2.24) is 0 Å². The molecule has 0 radical (unpaired) electrons. The maximum Gasteiger partial charge on any atom is 0.338 e. The highest BCUT2D eigenvalue weighted by Crippen LogP contribution is 2.22. The van der Waals surface area contributed by atoms with Crippen LogP contribution in [0.1, 0.15) is 36.4 Å². The number of hydrogen-bond acceptors (Lipinski definition) is 3. The first-order valence-electron chi connectivity index (χ1n) is 7.42. The van der Waals surface area contributed by atoms with Gasteiger partial charge in [0.1, 0.15) is 12.3 Å². The lowest BCUT2D eigenvalue weighted by Crippen LogP contribution is -2.82. The fraction of sp³-hybridized carbons (Fsp3) is 0.353. The zero-order valence-corrected chi connectivity index (χ0v) is 12.6. The standard InChI is InChI=1S/C17H21NO3/c1-3-11-18-12-15-9-10-16(21-15)13-5-7-14(8-6-13)17(19)20-4-2/h5-10,18H,3-4,11-12H2,1-2H3/p+1. The van der Waals surface area contributed by atoms with Crippen LogP contribution in [0.15, 0.2) is 40.8 Å². The number of esters is 1. The highest BCUT2D eigenvalue weighted by Gasteiger charge is 2.09. The zero-order valence-electron chi connectivity index (χ0n) is 12.6. The Labute approximate surface area is 125 Å². The second kappa shape index (κ2) is 7.64. The van der Waals surface area contributed by atoms with Gasteiger partial charge in [0.2, 0.25) is 0 Å². The molecule has 0 atom stereocenters. The summed E-state index contributed by atoms with van der Waals surface area (Å²) in [7, 11) is 0. The van der Waals surface area contributed by atoms with Crippen LogP contribution in [-0.4, -0.2) is 19.1 Å². The summed E-state index contributed by atoms with van der Waals surface area (Å²) in [6, 6.07) is 11.3. The Hall–Kier alpha value is -2.07. The Balaban J connectivity index is 2.03. The van der Waals surface area contributed by atoms with Gasteiger partial charge in [0.05, 0.1) is 18.7 Å². The van der Waals surface area contributed by atoms with Crippen LogP contribution in [-0.2, 0) is 11.3 Å². The zero-order chi connectivity index (χ0) is 15.1. The van der Waals surface area contributed by atoms with Gasteiger partial charge in [-0.25, -0.2) is 4.79 Å². The molecule has 2 rings (SSSR count). The molecule has 0 unspecified atom stereocenters. The summed E-state index contributed by atoms with van der Waals surface area (Å²) in [5.41, 5.74) is 1.52. The van der Waals surface area contributed by atoms with Gasteiger partial charge in [0.15, 0.2) is 5.76 Å². The van der Waals surface area contributed by atoms with Crippen LogP contribution < -0.4 is 5.32 Å². The highest BCUT2D eigenvalue weighted by molar-refractivity contribution is 5.89. The summed E-state index contributed by atoms with van der Waals surface area (Å²) >= 11 is 0. The molecular formula is C17H22NO3+. The summed E-state index contributed by atoms with van der Waals surface area (Å²) < 4.78 is 10.8. The molecule has 0 bridgehead atoms. The van der Waals surface area contributed by atoms with Crippen molar-refractivity contribution in [3.05, 3.63) is 47.7 Å². The Bertz CT molecular complexity index is 572. The van der Waals surface area contributed by atoms with E-state index in [2.05, 4.69) is 12.2 Å². The predicted molar refractivity (Wildman–Crippen MR) is 80.9 cm³/mol. The second-order valence-electron chi connectivity index (χ2n) is 4.85. The normalized spacial score (nSPS) is 10.6. The lowest BCUT2D eigenvalue weighted by atomic mass is 10.1. The molecule has 112 valence electrons. The predicted octanol–water partition coefficient (Wildman–Crippen LogP) is 2.60. The Morgan fingerprint density at radius 1 is 1.14 bits per heavy atom. The number of nitrogens with two attached hydrogens (primary N) is 1. The van der Waals surface area contributed by atoms with Crippen LogP contribution in [0.3, 0.4) is 0 Å². The molecule has 21 heavy (non-hydrogen) atoms. The molecule has 1 aromatic carbocycles. The first-order chi connectivity index (χ1) is 10.2. The SMILES string of the molecule is CCC[NH2+]Cc1ccc(-c2ccc(C(=O)OCC)cc2)o1. The number of rotatable bonds is 7. The van der Waals surface area contributed by atoms with Crippen molar-refractivity contribution in [3.63, 3.8) is 0 Å². The molecule has 0 saturated heterocycles. The summed E-state index contributed by atoms with van der Waals surface area (Å²) in [6.45, 7) is 6.30. The number of furan rings is 1. The third-order valence-electron chi connectivity index (χ3n) is 3.18. The third kappa shape index (κ3) is 4.20. The summed E-state index contributed by atoms with van der Waals surface area (Å²) in [5.74, 6) is 1.50. The molecule has 2 aromatic rings. The number of benzene rings is 1. The van der Waals surface area contributed by atoms with E-state index in [0.717, 1.165) is 36.6 Å². The largest absolute Gasteiger partial charge is 0.462 e. The molecule has 1 heterocycles. The van der Waals surface area contributed by atoms with Gasteiger partial charge >= 0.3 is 5.97 Å². The molecule has 2 N–H and O–H groups in total.